The Balaban J connectivity index is 1.51. The van der Waals surface area contributed by atoms with Crippen LogP contribution in [0.3, 0.4) is 0 Å². The van der Waals surface area contributed by atoms with Crippen LogP contribution in [0, 0.1) is 0 Å². The Kier molecular flexibility index (Phi) is 9.21. The molecule has 1 saturated heterocycles. The van der Waals surface area contributed by atoms with Crippen LogP contribution in [0.4, 0.5) is 27.5 Å². The Morgan fingerprint density at radius 2 is 1.43 bits per heavy atom. The van der Waals surface area contributed by atoms with E-state index >= 15 is 0 Å². The average Bonchev–Trinajstić information content (AvgIpc) is 2.97. The predicted octanol–water partition coefficient (Wildman–Crippen LogP) is 4.82. The molecule has 10 nitrogen and oxygen atoms in total. The van der Waals surface area contributed by atoms with Gasteiger partial charge in [0, 0.05) is 49.7 Å². The van der Waals surface area contributed by atoms with Crippen LogP contribution in [0.5, 0.6) is 17.2 Å². The lowest BCUT2D eigenvalue weighted by molar-refractivity contribution is 0.0943. The molecule has 10 heteroatoms. The maximum atomic E-state index is 13.2. The number of carbonyl (C=O) groups is 2. The third kappa shape index (κ3) is 6.69. The van der Waals surface area contributed by atoms with E-state index in [9.17, 15) is 9.59 Å². The zero-order chi connectivity index (χ0) is 28.6. The minimum Gasteiger partial charge on any atom is -0.497 e. The van der Waals surface area contributed by atoms with Crippen LogP contribution >= 0.6 is 0 Å². The molecule has 1 heterocycles. The normalized spacial score (nSPS) is 13.1. The van der Waals surface area contributed by atoms with E-state index in [1.165, 1.54) is 7.11 Å². The molecule has 3 amide bonds. The van der Waals surface area contributed by atoms with Crippen LogP contribution in [0.1, 0.15) is 24.2 Å². The molecule has 0 saturated carbocycles. The van der Waals surface area contributed by atoms with Gasteiger partial charge < -0.3 is 40.0 Å². The summed E-state index contributed by atoms with van der Waals surface area (Å²) in [5.41, 5.74) is 3.36. The SMILES string of the molecule is COc1ccc(NC(=O)Nc2ccc(N3CCN(c4ccccc4OC)CC3)c(C(=O)NC(C)C)c2)c(OC)c1. The van der Waals surface area contributed by atoms with E-state index in [1.54, 1.807) is 44.6 Å². The first-order chi connectivity index (χ1) is 19.3. The lowest BCUT2D eigenvalue weighted by Crippen LogP contribution is -2.47. The van der Waals surface area contributed by atoms with Gasteiger partial charge >= 0.3 is 6.03 Å². The van der Waals surface area contributed by atoms with E-state index in [-0.39, 0.29) is 11.9 Å². The average molecular weight is 548 g/mol. The van der Waals surface area contributed by atoms with Gasteiger partial charge in [0.2, 0.25) is 0 Å². The van der Waals surface area contributed by atoms with Gasteiger partial charge in [0.15, 0.2) is 0 Å². The Hall–Kier alpha value is -4.60. The largest absolute Gasteiger partial charge is 0.497 e. The number of ether oxygens (including phenoxy) is 3. The molecule has 1 aliphatic rings. The maximum absolute atomic E-state index is 13.2. The summed E-state index contributed by atoms with van der Waals surface area (Å²) in [4.78, 5) is 30.6. The number of nitrogens with one attached hydrogen (secondary N) is 3. The lowest BCUT2D eigenvalue weighted by atomic mass is 10.1. The predicted molar refractivity (Wildman–Crippen MR) is 159 cm³/mol. The molecule has 0 bridgehead atoms. The van der Waals surface area contributed by atoms with E-state index in [0.29, 0.717) is 28.4 Å². The van der Waals surface area contributed by atoms with Crippen molar-refractivity contribution in [3.8, 4) is 17.2 Å². The summed E-state index contributed by atoms with van der Waals surface area (Å²) in [6.45, 7) is 6.84. The molecule has 4 rings (SSSR count). The Morgan fingerprint density at radius 1 is 0.750 bits per heavy atom. The van der Waals surface area contributed by atoms with Crippen molar-refractivity contribution in [2.24, 2.45) is 0 Å². The standard InChI is InChI=1S/C30H37N5O5/c1-20(2)31-29(36)23-18-21(32-30(37)33-24-12-11-22(38-3)19-28(24)40-5)10-13-25(23)34-14-16-35(17-15-34)26-8-6-7-9-27(26)39-4/h6-13,18-20H,14-17H2,1-5H3,(H,31,36)(H2,32,33,37). The first-order valence-corrected chi connectivity index (χ1v) is 13.2. The third-order valence-electron chi connectivity index (χ3n) is 6.62. The Bertz CT molecular complexity index is 1340. The number of methoxy groups -OCH3 is 3. The van der Waals surface area contributed by atoms with Gasteiger partial charge in [-0.15, -0.1) is 0 Å². The summed E-state index contributed by atoms with van der Waals surface area (Å²) in [5, 5.41) is 8.61. The number of rotatable bonds is 9. The molecule has 0 unspecified atom stereocenters. The number of benzene rings is 3. The van der Waals surface area contributed by atoms with Gasteiger partial charge in [-0.2, -0.15) is 0 Å². The van der Waals surface area contributed by atoms with E-state index < -0.39 is 6.03 Å². The topological polar surface area (TPSA) is 104 Å². The van der Waals surface area contributed by atoms with Gasteiger partial charge in [-0.3, -0.25) is 4.79 Å². The molecule has 0 spiro atoms. The molecular weight excluding hydrogens is 510 g/mol. The van der Waals surface area contributed by atoms with Crippen LogP contribution in [-0.4, -0.2) is 65.5 Å². The summed E-state index contributed by atoms with van der Waals surface area (Å²) >= 11 is 0. The van der Waals surface area contributed by atoms with Crippen LogP contribution in [0.2, 0.25) is 0 Å². The quantitative estimate of drug-likeness (QED) is 0.353. The van der Waals surface area contributed by atoms with Gasteiger partial charge in [-0.25, -0.2) is 4.79 Å². The smallest absolute Gasteiger partial charge is 0.323 e. The van der Waals surface area contributed by atoms with E-state index in [0.717, 1.165) is 43.3 Å². The van der Waals surface area contributed by atoms with Crippen molar-refractivity contribution in [3.05, 3.63) is 66.2 Å². The van der Waals surface area contributed by atoms with Crippen LogP contribution in [0.15, 0.2) is 60.7 Å². The highest BCUT2D eigenvalue weighted by atomic mass is 16.5. The molecule has 40 heavy (non-hydrogen) atoms. The van der Waals surface area contributed by atoms with Gasteiger partial charge in [0.1, 0.15) is 17.2 Å². The molecule has 0 radical (unpaired) electrons. The number of hydrogen-bond acceptors (Lipinski definition) is 7. The molecule has 1 aliphatic heterocycles. The number of para-hydroxylation sites is 2. The number of nitrogens with zero attached hydrogens (tertiary/aromatic N) is 2. The second-order valence-electron chi connectivity index (χ2n) is 9.65. The minimum atomic E-state index is -0.461. The van der Waals surface area contributed by atoms with Crippen molar-refractivity contribution < 1.29 is 23.8 Å². The van der Waals surface area contributed by atoms with Gasteiger partial charge in [-0.05, 0) is 56.3 Å². The van der Waals surface area contributed by atoms with Gasteiger partial charge in [-0.1, -0.05) is 12.1 Å². The number of piperazine rings is 1. The third-order valence-corrected chi connectivity index (χ3v) is 6.62. The summed E-state index contributed by atoms with van der Waals surface area (Å²) in [6, 6.07) is 18.0. The molecule has 3 aromatic carbocycles. The zero-order valence-corrected chi connectivity index (χ0v) is 23.6. The number of amides is 3. The fourth-order valence-electron chi connectivity index (χ4n) is 4.68. The molecule has 0 aliphatic carbocycles. The Morgan fingerprint density at radius 3 is 2.08 bits per heavy atom. The van der Waals surface area contributed by atoms with E-state index in [1.807, 2.05) is 38.1 Å². The number of carbonyl (C=O) groups excluding carboxylic acids is 2. The minimum absolute atomic E-state index is 0.0369. The molecule has 3 aromatic rings. The Labute approximate surface area is 235 Å². The molecule has 1 fully saturated rings. The van der Waals surface area contributed by atoms with Crippen molar-refractivity contribution >= 4 is 34.7 Å². The van der Waals surface area contributed by atoms with Crippen molar-refractivity contribution in [2.75, 3.05) is 67.9 Å². The highest BCUT2D eigenvalue weighted by Crippen LogP contribution is 2.32. The second kappa shape index (κ2) is 13.0. The first-order valence-electron chi connectivity index (χ1n) is 13.2. The first kappa shape index (κ1) is 28.4. The van der Waals surface area contributed by atoms with E-state index in [2.05, 4.69) is 31.8 Å². The van der Waals surface area contributed by atoms with Crippen molar-refractivity contribution in [1.29, 1.82) is 0 Å². The monoisotopic (exact) mass is 547 g/mol. The lowest BCUT2D eigenvalue weighted by Gasteiger charge is -2.38. The van der Waals surface area contributed by atoms with E-state index in [4.69, 9.17) is 14.2 Å². The molecule has 3 N–H and O–H groups in total. The highest BCUT2D eigenvalue weighted by Gasteiger charge is 2.24. The molecule has 212 valence electrons. The van der Waals surface area contributed by atoms with Gasteiger partial charge in [0.05, 0.1) is 38.3 Å². The number of urea groups is 1. The van der Waals surface area contributed by atoms with Gasteiger partial charge in [0.25, 0.3) is 5.91 Å². The fourth-order valence-corrected chi connectivity index (χ4v) is 4.68. The second-order valence-corrected chi connectivity index (χ2v) is 9.65. The van der Waals surface area contributed by atoms with Crippen molar-refractivity contribution in [1.82, 2.24) is 5.32 Å². The number of hydrogen-bond donors (Lipinski definition) is 3. The summed E-state index contributed by atoms with van der Waals surface area (Å²) in [6.07, 6.45) is 0. The summed E-state index contributed by atoms with van der Waals surface area (Å²) < 4.78 is 16.1. The molecule has 0 aromatic heterocycles. The van der Waals surface area contributed by atoms with Crippen LogP contribution in [-0.2, 0) is 0 Å². The summed E-state index contributed by atoms with van der Waals surface area (Å²) in [5.74, 6) is 1.73. The highest BCUT2D eigenvalue weighted by molar-refractivity contribution is 6.04. The summed E-state index contributed by atoms with van der Waals surface area (Å²) in [7, 11) is 4.76. The number of anilines is 4. The molecular formula is C30H37N5O5. The van der Waals surface area contributed by atoms with Crippen molar-refractivity contribution in [2.45, 2.75) is 19.9 Å². The zero-order valence-electron chi connectivity index (χ0n) is 23.6. The molecule has 0 atom stereocenters. The maximum Gasteiger partial charge on any atom is 0.323 e. The fraction of sp³-hybridized carbons (Fsp3) is 0.333. The van der Waals surface area contributed by atoms with Crippen LogP contribution in [0.25, 0.3) is 0 Å². The van der Waals surface area contributed by atoms with Crippen molar-refractivity contribution in [3.63, 3.8) is 0 Å². The van der Waals surface area contributed by atoms with Crippen LogP contribution < -0.4 is 40.0 Å².